The molecule has 6 nitrogen and oxygen atoms in total. The van der Waals surface area contributed by atoms with Crippen LogP contribution in [-0.2, 0) is 0 Å². The Morgan fingerprint density at radius 2 is 1.73 bits per heavy atom. The number of nitrogens with one attached hydrogen (secondary N) is 1. The van der Waals surface area contributed by atoms with Gasteiger partial charge in [0.2, 0.25) is 0 Å². The van der Waals surface area contributed by atoms with E-state index in [1.165, 1.54) is 6.42 Å². The molecule has 1 aliphatic heterocycles. The van der Waals surface area contributed by atoms with Gasteiger partial charge in [0.25, 0.3) is 5.56 Å². The van der Waals surface area contributed by atoms with Gasteiger partial charge < -0.3 is 4.90 Å². The van der Waals surface area contributed by atoms with Crippen molar-refractivity contribution in [2.45, 2.75) is 26.2 Å². The van der Waals surface area contributed by atoms with E-state index in [0.29, 0.717) is 11.2 Å². The van der Waals surface area contributed by atoms with Crippen molar-refractivity contribution in [3.05, 3.63) is 82.9 Å². The maximum atomic E-state index is 13.8. The highest BCUT2D eigenvalue weighted by Gasteiger charge is 2.25. The molecule has 0 spiro atoms. The molecule has 1 saturated heterocycles. The first-order chi connectivity index (χ1) is 16.2. The summed E-state index contributed by atoms with van der Waals surface area (Å²) in [5.41, 5.74) is 6.76. The van der Waals surface area contributed by atoms with Crippen molar-refractivity contribution in [1.82, 2.24) is 19.6 Å². The van der Waals surface area contributed by atoms with Crippen molar-refractivity contribution >= 4 is 22.2 Å². The number of rotatable bonds is 3. The first-order valence-corrected chi connectivity index (χ1v) is 11.5. The second-order valence-corrected chi connectivity index (χ2v) is 8.70. The van der Waals surface area contributed by atoms with Gasteiger partial charge in [-0.3, -0.25) is 14.9 Å². The summed E-state index contributed by atoms with van der Waals surface area (Å²) in [6.07, 6.45) is 5.32. The van der Waals surface area contributed by atoms with Crippen molar-refractivity contribution < 1.29 is 0 Å². The minimum absolute atomic E-state index is 0.0822. The fourth-order valence-electron chi connectivity index (χ4n) is 4.95. The largest absolute Gasteiger partial charge is 0.367 e. The minimum atomic E-state index is -0.0822. The number of aromatic nitrogens is 4. The lowest BCUT2D eigenvalue weighted by molar-refractivity contribution is 0.579. The lowest BCUT2D eigenvalue weighted by atomic mass is 10.0. The maximum absolute atomic E-state index is 13.8. The van der Waals surface area contributed by atoms with Gasteiger partial charge in [-0.15, -0.1) is 0 Å². The maximum Gasteiger partial charge on any atom is 0.280 e. The Labute approximate surface area is 191 Å². The molecule has 0 bridgehead atoms. The van der Waals surface area contributed by atoms with Crippen molar-refractivity contribution in [2.24, 2.45) is 0 Å². The number of anilines is 1. The van der Waals surface area contributed by atoms with Crippen LogP contribution in [0.25, 0.3) is 38.9 Å². The van der Waals surface area contributed by atoms with E-state index in [1.54, 1.807) is 10.7 Å². The van der Waals surface area contributed by atoms with Crippen LogP contribution < -0.4 is 10.5 Å². The molecule has 0 radical (unpaired) electrons. The Morgan fingerprint density at radius 3 is 2.55 bits per heavy atom. The van der Waals surface area contributed by atoms with Gasteiger partial charge in [0.15, 0.2) is 5.65 Å². The van der Waals surface area contributed by atoms with Crippen LogP contribution >= 0.6 is 0 Å². The quantitative estimate of drug-likeness (QED) is 0.423. The molecule has 0 atom stereocenters. The Hall–Kier alpha value is -3.93. The molecule has 4 heterocycles. The third-order valence-corrected chi connectivity index (χ3v) is 6.56. The molecule has 1 aliphatic rings. The van der Waals surface area contributed by atoms with Gasteiger partial charge in [0.05, 0.1) is 22.5 Å². The lowest BCUT2D eigenvalue weighted by Crippen LogP contribution is -2.30. The summed E-state index contributed by atoms with van der Waals surface area (Å²) in [7, 11) is 0. The molecule has 0 amide bonds. The normalized spacial score (nSPS) is 14.3. The van der Waals surface area contributed by atoms with Crippen LogP contribution in [0.2, 0.25) is 0 Å². The van der Waals surface area contributed by atoms with E-state index < -0.39 is 0 Å². The number of nitrogens with zero attached hydrogens (tertiary/aromatic N) is 4. The van der Waals surface area contributed by atoms with E-state index in [-0.39, 0.29) is 5.56 Å². The third kappa shape index (κ3) is 3.30. The van der Waals surface area contributed by atoms with Crippen LogP contribution in [0.4, 0.5) is 5.69 Å². The fourth-order valence-corrected chi connectivity index (χ4v) is 4.95. The van der Waals surface area contributed by atoms with Gasteiger partial charge in [-0.2, -0.15) is 4.52 Å². The number of fused-ring (bicyclic) bond motifs is 2. The van der Waals surface area contributed by atoms with Gasteiger partial charge in [0.1, 0.15) is 5.69 Å². The molecule has 6 heteroatoms. The number of H-pyrrole nitrogens is 1. The van der Waals surface area contributed by atoms with E-state index in [9.17, 15) is 4.79 Å². The number of aromatic amines is 1. The number of hydrogen-bond donors (Lipinski definition) is 1. The number of aryl methyl sites for hydroxylation is 1. The summed E-state index contributed by atoms with van der Waals surface area (Å²) in [4.78, 5) is 25.6. The van der Waals surface area contributed by atoms with Crippen LogP contribution in [0.15, 0.2) is 71.7 Å². The summed E-state index contributed by atoms with van der Waals surface area (Å²) in [5, 5.41) is 4.41. The van der Waals surface area contributed by atoms with Crippen molar-refractivity contribution in [1.29, 1.82) is 0 Å². The van der Waals surface area contributed by atoms with Crippen molar-refractivity contribution in [2.75, 3.05) is 18.0 Å². The zero-order chi connectivity index (χ0) is 22.4. The van der Waals surface area contributed by atoms with Crippen molar-refractivity contribution in [3.8, 4) is 22.4 Å². The minimum Gasteiger partial charge on any atom is -0.367 e. The molecule has 2 aromatic carbocycles. The second kappa shape index (κ2) is 7.89. The van der Waals surface area contributed by atoms with Crippen LogP contribution in [0.1, 0.15) is 25.0 Å². The topological polar surface area (TPSA) is 66.3 Å². The van der Waals surface area contributed by atoms with Gasteiger partial charge in [-0.05, 0) is 49.9 Å². The monoisotopic (exact) mass is 435 g/mol. The summed E-state index contributed by atoms with van der Waals surface area (Å²) in [6, 6.07) is 20.1. The third-order valence-electron chi connectivity index (χ3n) is 6.56. The number of hydrogen-bond acceptors (Lipinski definition) is 4. The number of piperidine rings is 1. The Balaban J connectivity index is 1.61. The highest BCUT2D eigenvalue weighted by Crippen LogP contribution is 2.35. The van der Waals surface area contributed by atoms with Gasteiger partial charge in [0, 0.05) is 30.2 Å². The molecule has 5 aromatic rings. The molecule has 6 rings (SSSR count). The number of benzene rings is 2. The van der Waals surface area contributed by atoms with E-state index in [2.05, 4.69) is 27.1 Å². The molecule has 0 saturated carbocycles. The summed E-state index contributed by atoms with van der Waals surface area (Å²) < 4.78 is 1.63. The molecular weight excluding hydrogens is 410 g/mol. The zero-order valence-electron chi connectivity index (χ0n) is 18.6. The number of pyridine rings is 1. The van der Waals surface area contributed by atoms with Gasteiger partial charge >= 0.3 is 0 Å². The SMILES string of the molecule is Cc1nc2c(N3CCCCC3)c(-c3ccccc3)[nH]n2c(=O)c1-c1ccc2ncccc2c1. The zero-order valence-corrected chi connectivity index (χ0v) is 18.6. The Morgan fingerprint density at radius 1 is 0.909 bits per heavy atom. The van der Waals surface area contributed by atoms with E-state index in [0.717, 1.165) is 65.0 Å². The standard InChI is InChI=1S/C27H25N5O/c1-18-23(21-12-13-22-20(17-21)11-8-14-28-22)27(33)32-26(29-18)25(31-15-6-3-7-16-31)24(30-32)19-9-4-2-5-10-19/h2,4-5,8-14,17,30H,3,6-7,15-16H2,1H3. The van der Waals surface area contributed by atoms with Crippen LogP contribution in [0.3, 0.4) is 0 Å². The Bertz CT molecular complexity index is 1530. The van der Waals surface area contributed by atoms with Gasteiger partial charge in [-0.1, -0.05) is 42.5 Å². The van der Waals surface area contributed by atoms with Crippen LogP contribution in [-0.4, -0.2) is 32.7 Å². The molecular formula is C27H25N5O. The predicted molar refractivity (Wildman–Crippen MR) is 133 cm³/mol. The molecule has 0 unspecified atom stereocenters. The summed E-state index contributed by atoms with van der Waals surface area (Å²) in [6.45, 7) is 3.88. The molecule has 1 fully saturated rings. The van der Waals surface area contributed by atoms with Gasteiger partial charge in [-0.25, -0.2) is 4.98 Å². The summed E-state index contributed by atoms with van der Waals surface area (Å²) in [5.74, 6) is 0. The highest BCUT2D eigenvalue weighted by atomic mass is 16.1. The average molecular weight is 436 g/mol. The first-order valence-electron chi connectivity index (χ1n) is 11.5. The predicted octanol–water partition coefficient (Wildman–Crippen LogP) is 5.20. The average Bonchev–Trinajstić information content (AvgIpc) is 3.24. The lowest BCUT2D eigenvalue weighted by Gasteiger charge is -2.28. The highest BCUT2D eigenvalue weighted by molar-refractivity contribution is 5.88. The molecule has 0 aliphatic carbocycles. The first kappa shape index (κ1) is 19.7. The molecule has 1 N–H and O–H groups in total. The second-order valence-electron chi connectivity index (χ2n) is 8.70. The Kier molecular flexibility index (Phi) is 4.72. The summed E-state index contributed by atoms with van der Waals surface area (Å²) >= 11 is 0. The molecule has 164 valence electrons. The van der Waals surface area contributed by atoms with E-state index in [1.807, 2.05) is 55.5 Å². The van der Waals surface area contributed by atoms with Crippen molar-refractivity contribution in [3.63, 3.8) is 0 Å². The van der Waals surface area contributed by atoms with E-state index >= 15 is 0 Å². The molecule has 33 heavy (non-hydrogen) atoms. The molecule has 3 aromatic heterocycles. The van der Waals surface area contributed by atoms with Crippen LogP contribution in [0.5, 0.6) is 0 Å². The smallest absolute Gasteiger partial charge is 0.280 e. The fraction of sp³-hybridized carbons (Fsp3) is 0.222. The van der Waals surface area contributed by atoms with Crippen LogP contribution in [0, 0.1) is 6.92 Å². The van der Waals surface area contributed by atoms with E-state index in [4.69, 9.17) is 4.98 Å².